The second-order valence-corrected chi connectivity index (χ2v) is 7.67. The minimum atomic E-state index is -0.573. The summed E-state index contributed by atoms with van der Waals surface area (Å²) in [6.07, 6.45) is 0. The number of carbonyl (C=O) groups excluding carboxylic acids is 2. The fourth-order valence-electron chi connectivity index (χ4n) is 3.44. The van der Waals surface area contributed by atoms with Crippen LogP contribution >= 0.6 is 23.2 Å². The normalized spacial score (nSPS) is 13.9. The van der Waals surface area contributed by atoms with Crippen molar-refractivity contribution in [3.63, 3.8) is 0 Å². The number of hydrogen-bond acceptors (Lipinski definition) is 3. The first kappa shape index (κ1) is 20.2. The van der Waals surface area contributed by atoms with Crippen molar-refractivity contribution in [1.82, 2.24) is 4.90 Å². The molecule has 0 atom stereocenters. The van der Waals surface area contributed by atoms with Gasteiger partial charge in [0.25, 0.3) is 11.8 Å². The van der Waals surface area contributed by atoms with Gasteiger partial charge in [0.2, 0.25) is 0 Å². The van der Waals surface area contributed by atoms with E-state index in [0.717, 1.165) is 16.0 Å². The van der Waals surface area contributed by atoms with Crippen LogP contribution < -0.4 is 4.90 Å². The Labute approximate surface area is 184 Å². The van der Waals surface area contributed by atoms with Gasteiger partial charge in [-0.1, -0.05) is 96.0 Å². The zero-order valence-electron chi connectivity index (χ0n) is 16.0. The molecule has 0 radical (unpaired) electrons. The smallest absolute Gasteiger partial charge is 0.283 e. The zero-order chi connectivity index (χ0) is 21.1. The maximum absolute atomic E-state index is 13.4. The number of anilines is 1. The van der Waals surface area contributed by atoms with Crippen LogP contribution in [-0.2, 0) is 22.7 Å². The Bertz CT molecular complexity index is 1070. The first-order valence-corrected chi connectivity index (χ1v) is 10.2. The van der Waals surface area contributed by atoms with Gasteiger partial charge in [-0.15, -0.1) is 0 Å². The summed E-state index contributed by atoms with van der Waals surface area (Å²) in [5, 5.41) is 0.203. The van der Waals surface area contributed by atoms with E-state index in [-0.39, 0.29) is 10.7 Å². The topological polar surface area (TPSA) is 40.6 Å². The second-order valence-electron chi connectivity index (χ2n) is 6.89. The Morgan fingerprint density at radius 1 is 0.667 bits per heavy atom. The molecule has 3 aromatic rings. The maximum atomic E-state index is 13.4. The van der Waals surface area contributed by atoms with E-state index < -0.39 is 11.8 Å². The molecule has 0 spiro atoms. The molecule has 1 heterocycles. The highest BCUT2D eigenvalue weighted by Gasteiger charge is 2.42. The maximum Gasteiger partial charge on any atom is 0.283 e. The quantitative estimate of drug-likeness (QED) is 0.487. The van der Waals surface area contributed by atoms with Crippen LogP contribution in [0.3, 0.4) is 0 Å². The molecule has 4 rings (SSSR count). The van der Waals surface area contributed by atoms with Gasteiger partial charge in [0.15, 0.2) is 0 Å². The Morgan fingerprint density at radius 3 is 1.70 bits per heavy atom. The second kappa shape index (κ2) is 8.74. The Morgan fingerprint density at radius 2 is 1.17 bits per heavy atom. The third kappa shape index (κ3) is 3.97. The van der Waals surface area contributed by atoms with Gasteiger partial charge in [0.05, 0.1) is 10.7 Å². The highest BCUT2D eigenvalue weighted by Crippen LogP contribution is 2.35. The number of halogens is 2. The van der Waals surface area contributed by atoms with Gasteiger partial charge in [-0.05, 0) is 23.3 Å². The number of benzene rings is 3. The number of hydrogen-bond donors (Lipinski definition) is 0. The van der Waals surface area contributed by atoms with Crippen molar-refractivity contribution in [3.05, 3.63) is 112 Å². The van der Waals surface area contributed by atoms with Gasteiger partial charge < -0.3 is 4.90 Å². The first-order valence-electron chi connectivity index (χ1n) is 9.42. The van der Waals surface area contributed by atoms with Crippen molar-refractivity contribution in [2.75, 3.05) is 4.90 Å². The van der Waals surface area contributed by atoms with Crippen molar-refractivity contribution >= 4 is 40.7 Å². The van der Waals surface area contributed by atoms with Gasteiger partial charge >= 0.3 is 0 Å². The standard InChI is InChI=1S/C24H18Cl2N2O2/c25-19-13-7-8-14-20(19)28-23(29)21(26)22(24(28)30)27(15-17-9-3-1-4-10-17)16-18-11-5-2-6-12-18/h1-14H,15-16H2. The van der Waals surface area contributed by atoms with Gasteiger partial charge in [-0.3, -0.25) is 9.59 Å². The summed E-state index contributed by atoms with van der Waals surface area (Å²) in [4.78, 5) is 29.2. The van der Waals surface area contributed by atoms with Gasteiger partial charge in [0.1, 0.15) is 10.7 Å². The lowest BCUT2D eigenvalue weighted by Gasteiger charge is -2.26. The van der Waals surface area contributed by atoms with Crippen molar-refractivity contribution in [2.45, 2.75) is 13.1 Å². The van der Waals surface area contributed by atoms with E-state index in [0.29, 0.717) is 23.8 Å². The van der Waals surface area contributed by atoms with Crippen molar-refractivity contribution in [3.8, 4) is 0 Å². The molecule has 1 aliphatic heterocycles. The monoisotopic (exact) mass is 436 g/mol. The molecular weight excluding hydrogens is 419 g/mol. The van der Waals surface area contributed by atoms with E-state index in [2.05, 4.69) is 0 Å². The van der Waals surface area contributed by atoms with Crippen LogP contribution in [0.5, 0.6) is 0 Å². The Balaban J connectivity index is 1.72. The number of para-hydroxylation sites is 1. The van der Waals surface area contributed by atoms with Crippen LogP contribution in [-0.4, -0.2) is 16.7 Å². The minimum absolute atomic E-state index is 0.105. The molecule has 0 saturated heterocycles. The molecule has 1 aliphatic rings. The van der Waals surface area contributed by atoms with Crippen LogP contribution in [0.15, 0.2) is 95.7 Å². The summed E-state index contributed by atoms with van der Waals surface area (Å²) in [6.45, 7) is 0.855. The minimum Gasteiger partial charge on any atom is -0.357 e. The molecule has 6 heteroatoms. The predicted molar refractivity (Wildman–Crippen MR) is 119 cm³/mol. The number of amides is 2. The number of carbonyl (C=O) groups is 2. The lowest BCUT2D eigenvalue weighted by atomic mass is 10.1. The average molecular weight is 437 g/mol. The molecule has 2 amide bonds. The first-order chi connectivity index (χ1) is 14.6. The van der Waals surface area contributed by atoms with Crippen LogP contribution in [0.1, 0.15) is 11.1 Å². The zero-order valence-corrected chi connectivity index (χ0v) is 17.5. The molecule has 0 unspecified atom stereocenters. The van der Waals surface area contributed by atoms with Crippen molar-refractivity contribution < 1.29 is 9.59 Å². The van der Waals surface area contributed by atoms with Gasteiger partial charge in [-0.2, -0.15) is 0 Å². The fraction of sp³-hybridized carbons (Fsp3) is 0.0833. The lowest BCUT2D eigenvalue weighted by Crippen LogP contribution is -2.35. The highest BCUT2D eigenvalue weighted by atomic mass is 35.5. The summed E-state index contributed by atoms with van der Waals surface area (Å²) in [6, 6.07) is 26.2. The molecule has 0 fully saturated rings. The molecule has 30 heavy (non-hydrogen) atoms. The molecule has 150 valence electrons. The fourth-order valence-corrected chi connectivity index (χ4v) is 3.94. The molecule has 0 aliphatic carbocycles. The van der Waals surface area contributed by atoms with Crippen LogP contribution in [0, 0.1) is 0 Å². The summed E-state index contributed by atoms with van der Waals surface area (Å²) in [5.74, 6) is -1.05. The van der Waals surface area contributed by atoms with Gasteiger partial charge in [-0.25, -0.2) is 4.90 Å². The Kier molecular flexibility index (Phi) is 5.88. The largest absolute Gasteiger partial charge is 0.357 e. The SMILES string of the molecule is O=C1C(Cl)=C(N(Cc2ccccc2)Cc2ccccc2)C(=O)N1c1ccccc1Cl. The van der Waals surface area contributed by atoms with Crippen LogP contribution in [0.4, 0.5) is 5.69 Å². The van der Waals surface area contributed by atoms with E-state index in [1.165, 1.54) is 0 Å². The number of rotatable bonds is 6. The third-order valence-corrected chi connectivity index (χ3v) is 5.51. The molecule has 0 bridgehead atoms. The van der Waals surface area contributed by atoms with Crippen LogP contribution in [0.25, 0.3) is 0 Å². The predicted octanol–water partition coefficient (Wildman–Crippen LogP) is 5.37. The van der Waals surface area contributed by atoms with Crippen LogP contribution in [0.2, 0.25) is 5.02 Å². The van der Waals surface area contributed by atoms with Crippen molar-refractivity contribution in [1.29, 1.82) is 0 Å². The van der Waals surface area contributed by atoms with E-state index in [4.69, 9.17) is 23.2 Å². The summed E-state index contributed by atoms with van der Waals surface area (Å²) >= 11 is 12.7. The highest BCUT2D eigenvalue weighted by molar-refractivity contribution is 6.53. The number of nitrogens with zero attached hydrogens (tertiary/aromatic N) is 2. The van der Waals surface area contributed by atoms with E-state index in [1.807, 2.05) is 65.6 Å². The summed E-state index contributed by atoms with van der Waals surface area (Å²) in [5.41, 5.74) is 2.50. The Hall–Kier alpha value is -3.08. The van der Waals surface area contributed by atoms with Gasteiger partial charge in [0, 0.05) is 13.1 Å². The van der Waals surface area contributed by atoms with Crippen molar-refractivity contribution in [2.24, 2.45) is 0 Å². The molecule has 4 nitrogen and oxygen atoms in total. The molecule has 0 N–H and O–H groups in total. The van der Waals surface area contributed by atoms with E-state index >= 15 is 0 Å². The molecule has 0 aromatic heterocycles. The summed E-state index contributed by atoms with van der Waals surface area (Å²) in [7, 11) is 0. The van der Waals surface area contributed by atoms with E-state index in [9.17, 15) is 9.59 Å². The average Bonchev–Trinajstić information content (AvgIpc) is 2.98. The lowest BCUT2D eigenvalue weighted by molar-refractivity contribution is -0.121. The van der Waals surface area contributed by atoms with E-state index in [1.54, 1.807) is 24.3 Å². The molecule has 0 saturated carbocycles. The molecular formula is C24H18Cl2N2O2. The molecule has 3 aromatic carbocycles. The third-order valence-electron chi connectivity index (χ3n) is 4.85. The summed E-state index contributed by atoms with van der Waals surface area (Å²) < 4.78 is 0. The number of imide groups is 1.